The summed E-state index contributed by atoms with van der Waals surface area (Å²) in [5.74, 6) is -1.88. The first-order valence-corrected chi connectivity index (χ1v) is 15.9. The molecule has 3 rings (SSSR count). The van der Waals surface area contributed by atoms with E-state index in [0.717, 1.165) is 28.5 Å². The molecule has 0 aromatic heterocycles. The van der Waals surface area contributed by atoms with Gasteiger partial charge >= 0.3 is 5.97 Å². The van der Waals surface area contributed by atoms with E-state index in [1.54, 1.807) is 0 Å². The summed E-state index contributed by atoms with van der Waals surface area (Å²) in [5, 5.41) is 104. The number of carbonyl (C=O) groups is 2. The number of carboxylic acid groups (broad SMARTS) is 1. The summed E-state index contributed by atoms with van der Waals surface area (Å²) >= 11 is 0. The van der Waals surface area contributed by atoms with E-state index in [-0.39, 0.29) is 5.75 Å². The molecule has 1 amide bonds. The van der Waals surface area contributed by atoms with Crippen molar-refractivity contribution in [1.82, 2.24) is 5.32 Å². The molecule has 3 heterocycles. The van der Waals surface area contributed by atoms with Crippen LogP contribution in [0.2, 0.25) is 0 Å². The van der Waals surface area contributed by atoms with Crippen LogP contribution in [-0.4, -0.2) is 186 Å². The summed E-state index contributed by atoms with van der Waals surface area (Å²) in [7, 11) is 1.92. The van der Waals surface area contributed by atoms with Crippen molar-refractivity contribution in [3.05, 3.63) is 0 Å². The smallest absolute Gasteiger partial charge is 0.321 e. The Labute approximate surface area is 258 Å². The topological polar surface area (TPSA) is 321 Å². The Morgan fingerprint density at radius 2 is 1.32 bits per heavy atom. The van der Waals surface area contributed by atoms with Gasteiger partial charge in [-0.05, 0) is 0 Å². The molecular formula is C23H40N2O17S2. The summed E-state index contributed by atoms with van der Waals surface area (Å²) in [4.78, 5) is 23.0. The van der Waals surface area contributed by atoms with Crippen molar-refractivity contribution in [2.24, 2.45) is 5.73 Å². The summed E-state index contributed by atoms with van der Waals surface area (Å²) in [6.07, 6.45) is -21.8. The Balaban J connectivity index is 1.79. The highest BCUT2D eigenvalue weighted by molar-refractivity contribution is 8.76. The number of hydrogen-bond donors (Lipinski definition) is 12. The maximum absolute atomic E-state index is 11.9. The molecule has 16 atom stereocenters. The first-order valence-electron chi connectivity index (χ1n) is 13.5. The van der Waals surface area contributed by atoms with Crippen LogP contribution in [-0.2, 0) is 33.3 Å². The van der Waals surface area contributed by atoms with Crippen LogP contribution in [0.15, 0.2) is 0 Å². The number of ether oxygens (including phenoxy) is 5. The predicted molar refractivity (Wildman–Crippen MR) is 146 cm³/mol. The minimum Gasteiger partial charge on any atom is -0.480 e. The van der Waals surface area contributed by atoms with E-state index in [0.29, 0.717) is 0 Å². The first-order chi connectivity index (χ1) is 20.7. The second-order valence-corrected chi connectivity index (χ2v) is 12.9. The fraction of sp³-hybridized carbons (Fsp3) is 0.913. The van der Waals surface area contributed by atoms with Gasteiger partial charge in [-0.2, -0.15) is 0 Å². The van der Waals surface area contributed by atoms with E-state index in [4.69, 9.17) is 34.5 Å². The molecule has 3 saturated heterocycles. The van der Waals surface area contributed by atoms with Crippen LogP contribution in [0.1, 0.15) is 6.92 Å². The van der Waals surface area contributed by atoms with E-state index < -0.39 is 129 Å². The molecule has 21 heteroatoms. The largest absolute Gasteiger partial charge is 0.480 e. The molecule has 0 radical (unpaired) electrons. The molecule has 256 valence electrons. The Kier molecular flexibility index (Phi) is 14.3. The molecule has 0 aromatic carbocycles. The number of nitrogens with one attached hydrogen (secondary N) is 1. The molecule has 0 saturated carbocycles. The van der Waals surface area contributed by atoms with Crippen LogP contribution < -0.4 is 11.1 Å². The van der Waals surface area contributed by atoms with Crippen LogP contribution in [0.4, 0.5) is 0 Å². The molecule has 0 spiro atoms. The third-order valence-electron chi connectivity index (χ3n) is 7.20. The molecule has 3 aliphatic heterocycles. The number of carbonyl (C=O) groups excluding carboxylic acids is 1. The van der Waals surface area contributed by atoms with Gasteiger partial charge in [-0.15, -0.1) is 0 Å². The second-order valence-electron chi connectivity index (χ2n) is 10.4. The van der Waals surface area contributed by atoms with E-state index in [1.807, 2.05) is 0 Å². The molecule has 44 heavy (non-hydrogen) atoms. The minimum absolute atomic E-state index is 0.0602. The zero-order chi connectivity index (χ0) is 32.9. The number of rotatable bonds is 13. The number of aliphatic hydroxyl groups excluding tert-OH is 9. The number of aliphatic carboxylic acids is 1. The Morgan fingerprint density at radius 3 is 1.86 bits per heavy atom. The van der Waals surface area contributed by atoms with E-state index in [1.165, 1.54) is 0 Å². The molecule has 10 unspecified atom stereocenters. The average Bonchev–Trinajstić information content (AvgIpc) is 2.98. The van der Waals surface area contributed by atoms with E-state index in [2.05, 4.69) is 5.32 Å². The van der Waals surface area contributed by atoms with Crippen molar-refractivity contribution in [2.75, 3.05) is 25.6 Å². The van der Waals surface area contributed by atoms with Crippen molar-refractivity contribution >= 4 is 33.5 Å². The molecule has 0 bridgehead atoms. The van der Waals surface area contributed by atoms with E-state index in [9.17, 15) is 55.5 Å². The lowest BCUT2D eigenvalue weighted by Crippen LogP contribution is -2.67. The van der Waals surface area contributed by atoms with Gasteiger partial charge in [-0.1, -0.05) is 21.6 Å². The lowest BCUT2D eigenvalue weighted by molar-refractivity contribution is -0.371. The average molecular weight is 681 g/mol. The summed E-state index contributed by atoms with van der Waals surface area (Å²) < 4.78 is 27.9. The Morgan fingerprint density at radius 1 is 0.773 bits per heavy atom. The van der Waals surface area contributed by atoms with Crippen LogP contribution in [0, 0.1) is 0 Å². The van der Waals surface area contributed by atoms with E-state index >= 15 is 0 Å². The fourth-order valence-corrected chi connectivity index (χ4v) is 7.38. The second kappa shape index (κ2) is 16.7. The first kappa shape index (κ1) is 37.5. The maximum Gasteiger partial charge on any atom is 0.321 e. The standard InChI is InChI=1S/C23H40N2O17S2/c1-6(29)25-11-14(32)18(10(4-28)40-23(11)44-43-5-7(24)20(36)37)41-22-17(35)19(13(31)9(3-27)39-22)42-21-16(34)15(33)12(30)8(2-26)38-21/h7-19,21-23,26-28,30-35H,2-5,24H2,1H3,(H,25,29)(H,36,37)/t7?,8?,9?,10?,11?,12-,13-,14?,15?,16?,17?,18-,19?,21+,22-,23-/m0/s1. The van der Waals surface area contributed by atoms with Gasteiger partial charge in [0.2, 0.25) is 5.91 Å². The number of amides is 1. The fourth-order valence-electron chi connectivity index (χ4n) is 4.77. The SMILES string of the molecule is CC(=O)NC1C(O)[C@@H](O[C@@H]2OC(CO)[C@H](O)C(O[C@H]3OC(CO)[C@H](O)C(O)C3O)C2O)C(CO)O[C@H]1SSCC(N)C(=O)O. The van der Waals surface area contributed by atoms with Crippen LogP contribution >= 0.6 is 21.6 Å². The Bertz CT molecular complexity index is 941. The summed E-state index contributed by atoms with van der Waals surface area (Å²) in [6.45, 7) is -1.20. The van der Waals surface area contributed by atoms with Gasteiger partial charge in [0.1, 0.15) is 78.6 Å². The third kappa shape index (κ3) is 8.68. The molecular weight excluding hydrogens is 640 g/mol. The summed E-state index contributed by atoms with van der Waals surface area (Å²) in [5.41, 5.74) is 4.47. The zero-order valence-corrected chi connectivity index (χ0v) is 24.9. The van der Waals surface area contributed by atoms with Gasteiger partial charge in [0, 0.05) is 12.7 Å². The molecule has 13 N–H and O–H groups in total. The van der Waals surface area contributed by atoms with Gasteiger partial charge in [-0.25, -0.2) is 0 Å². The minimum atomic E-state index is -1.94. The molecule has 3 fully saturated rings. The van der Waals surface area contributed by atoms with Gasteiger partial charge in [0.05, 0.1) is 25.9 Å². The lowest BCUT2D eigenvalue weighted by atomic mass is 9.95. The quantitative estimate of drug-likeness (QED) is 0.0804. The van der Waals surface area contributed by atoms with Crippen molar-refractivity contribution in [3.8, 4) is 0 Å². The highest BCUT2D eigenvalue weighted by Crippen LogP contribution is 2.38. The number of carboxylic acids is 1. The lowest BCUT2D eigenvalue weighted by Gasteiger charge is -2.48. The highest BCUT2D eigenvalue weighted by Gasteiger charge is 2.54. The van der Waals surface area contributed by atoms with Gasteiger partial charge in [0.25, 0.3) is 0 Å². The van der Waals surface area contributed by atoms with Crippen molar-refractivity contribution in [3.63, 3.8) is 0 Å². The maximum atomic E-state index is 11.9. The zero-order valence-electron chi connectivity index (χ0n) is 23.3. The number of aliphatic hydroxyl groups is 9. The summed E-state index contributed by atoms with van der Waals surface area (Å²) in [6, 6.07) is -2.40. The number of nitrogens with two attached hydrogens (primary N) is 1. The molecule has 19 nitrogen and oxygen atoms in total. The van der Waals surface area contributed by atoms with Gasteiger partial charge < -0.3 is 85.8 Å². The third-order valence-corrected chi connectivity index (χ3v) is 9.81. The van der Waals surface area contributed by atoms with Crippen LogP contribution in [0.5, 0.6) is 0 Å². The van der Waals surface area contributed by atoms with Crippen molar-refractivity contribution in [1.29, 1.82) is 0 Å². The number of hydrogen-bond acceptors (Lipinski definition) is 19. The van der Waals surface area contributed by atoms with Gasteiger partial charge in [0.15, 0.2) is 12.6 Å². The van der Waals surface area contributed by atoms with Crippen molar-refractivity contribution < 1.29 is 84.3 Å². The molecule has 0 aliphatic carbocycles. The molecule has 0 aromatic rings. The molecule has 3 aliphatic rings. The predicted octanol–water partition coefficient (Wildman–Crippen LogP) is -6.63. The normalized spacial score (nSPS) is 43.8. The Hall–Kier alpha value is -0.960. The van der Waals surface area contributed by atoms with Crippen LogP contribution in [0.25, 0.3) is 0 Å². The monoisotopic (exact) mass is 680 g/mol. The van der Waals surface area contributed by atoms with Crippen LogP contribution in [0.3, 0.4) is 0 Å². The van der Waals surface area contributed by atoms with Gasteiger partial charge in [-0.3, -0.25) is 9.59 Å². The van der Waals surface area contributed by atoms with Crippen molar-refractivity contribution in [2.45, 2.75) is 104 Å². The highest BCUT2D eigenvalue weighted by atomic mass is 33.1.